The van der Waals surface area contributed by atoms with Gasteiger partial charge < -0.3 is 64.2 Å². The second kappa shape index (κ2) is 13.4. The number of rotatable bonds is 5. The van der Waals surface area contributed by atoms with E-state index in [-0.39, 0.29) is 29.0 Å². The molecular formula is C39H62O13. The van der Waals surface area contributed by atoms with Gasteiger partial charge in [0.15, 0.2) is 18.4 Å². The quantitative estimate of drug-likeness (QED) is 0.201. The Bertz CT molecular complexity index is 1350. The van der Waals surface area contributed by atoms with Gasteiger partial charge in [-0.3, -0.25) is 0 Å². The highest BCUT2D eigenvalue weighted by Gasteiger charge is 2.69. The molecule has 4 heterocycles. The Morgan fingerprint density at radius 1 is 0.827 bits per heavy atom. The number of aliphatic hydroxyl groups excluding tert-OH is 6. The third-order valence-corrected chi connectivity index (χ3v) is 15.6. The van der Waals surface area contributed by atoms with Crippen molar-refractivity contribution in [2.45, 2.75) is 177 Å². The van der Waals surface area contributed by atoms with E-state index < -0.39 is 79.4 Å². The molecular weight excluding hydrogens is 676 g/mol. The van der Waals surface area contributed by atoms with Crippen LogP contribution in [0.5, 0.6) is 0 Å². The third kappa shape index (κ3) is 5.90. The molecule has 21 atom stereocenters. The zero-order valence-corrected chi connectivity index (χ0v) is 31.3. The first-order chi connectivity index (χ1) is 24.5. The molecule has 3 saturated carbocycles. The van der Waals surface area contributed by atoms with Crippen molar-refractivity contribution in [3.05, 3.63) is 11.6 Å². The Hall–Kier alpha value is -0.780. The topological polar surface area (TPSA) is 197 Å². The van der Waals surface area contributed by atoms with Gasteiger partial charge in [-0.25, -0.2) is 0 Å². The van der Waals surface area contributed by atoms with E-state index in [1.54, 1.807) is 0 Å². The number of fused-ring (bicyclic) bond motifs is 7. The molecule has 8 aliphatic rings. The van der Waals surface area contributed by atoms with Crippen LogP contribution in [-0.2, 0) is 28.4 Å². The van der Waals surface area contributed by atoms with Crippen molar-refractivity contribution in [1.82, 2.24) is 0 Å². The monoisotopic (exact) mass is 738 g/mol. The molecule has 4 aliphatic carbocycles. The summed E-state index contributed by atoms with van der Waals surface area (Å²) >= 11 is 0. The van der Waals surface area contributed by atoms with Crippen LogP contribution in [0.4, 0.5) is 0 Å². The van der Waals surface area contributed by atoms with E-state index in [4.69, 9.17) is 28.4 Å². The maximum atomic E-state index is 11.1. The molecule has 0 radical (unpaired) electrons. The molecule has 13 nitrogen and oxygen atoms in total. The summed E-state index contributed by atoms with van der Waals surface area (Å²) in [6.45, 7) is 10.4. The minimum Gasteiger partial charge on any atom is -0.394 e. The van der Waals surface area contributed by atoms with Crippen molar-refractivity contribution in [3.8, 4) is 0 Å². The van der Waals surface area contributed by atoms with Gasteiger partial charge >= 0.3 is 0 Å². The van der Waals surface area contributed by atoms with Crippen LogP contribution in [0.25, 0.3) is 0 Å². The van der Waals surface area contributed by atoms with Crippen LogP contribution in [0.15, 0.2) is 11.6 Å². The van der Waals surface area contributed by atoms with Crippen molar-refractivity contribution >= 4 is 0 Å². The van der Waals surface area contributed by atoms with Crippen LogP contribution < -0.4 is 0 Å². The Balaban J connectivity index is 0.961. The lowest BCUT2D eigenvalue weighted by molar-refractivity contribution is -0.369. The number of hydrogen-bond donors (Lipinski definition) is 7. The maximum Gasteiger partial charge on any atom is 0.187 e. The van der Waals surface area contributed by atoms with Gasteiger partial charge in [0.1, 0.15) is 42.7 Å². The molecule has 296 valence electrons. The Labute approximate surface area is 306 Å². The molecule has 52 heavy (non-hydrogen) atoms. The van der Waals surface area contributed by atoms with Crippen molar-refractivity contribution in [3.63, 3.8) is 0 Å². The van der Waals surface area contributed by atoms with E-state index in [0.29, 0.717) is 43.1 Å². The molecule has 0 bridgehead atoms. The standard InChI is InChI=1S/C39H62O13/c1-18-27-25(52-39(18)13-12-36(3,46)17-47-39)15-24-22-7-6-20-14-21(8-10-37(20,4)23(22)9-11-38(24,27)5)49-35-33(31(44)29(42)26(16-40)50-35)51-34-32(45)30(43)28(41)19(2)48-34/h6,18-19,21-35,40-46H,7-17H2,1-5H3. The Kier molecular flexibility index (Phi) is 9.83. The number of aliphatic hydroxyl groups is 7. The van der Waals surface area contributed by atoms with Gasteiger partial charge in [-0.15, -0.1) is 0 Å². The Morgan fingerprint density at radius 3 is 2.31 bits per heavy atom. The summed E-state index contributed by atoms with van der Waals surface area (Å²) in [5.74, 6) is 1.79. The van der Waals surface area contributed by atoms with Crippen LogP contribution in [0.2, 0.25) is 0 Å². The molecule has 0 aromatic heterocycles. The first kappa shape index (κ1) is 38.1. The number of hydrogen-bond acceptors (Lipinski definition) is 13. The summed E-state index contributed by atoms with van der Waals surface area (Å²) in [7, 11) is 0. The van der Waals surface area contributed by atoms with Gasteiger partial charge in [0.25, 0.3) is 0 Å². The van der Waals surface area contributed by atoms with Crippen molar-refractivity contribution in [1.29, 1.82) is 0 Å². The van der Waals surface area contributed by atoms with Gasteiger partial charge in [0, 0.05) is 12.3 Å². The molecule has 7 N–H and O–H groups in total. The molecule has 7 fully saturated rings. The van der Waals surface area contributed by atoms with Gasteiger partial charge in [-0.2, -0.15) is 0 Å². The van der Waals surface area contributed by atoms with E-state index >= 15 is 0 Å². The van der Waals surface area contributed by atoms with Gasteiger partial charge in [0.05, 0.1) is 37.1 Å². The van der Waals surface area contributed by atoms with E-state index in [2.05, 4.69) is 26.8 Å². The van der Waals surface area contributed by atoms with Crippen LogP contribution in [0.1, 0.15) is 92.4 Å². The average molecular weight is 739 g/mol. The zero-order chi connectivity index (χ0) is 37.1. The van der Waals surface area contributed by atoms with Crippen LogP contribution >= 0.6 is 0 Å². The summed E-state index contributed by atoms with van der Waals surface area (Å²) in [6, 6.07) is 0. The van der Waals surface area contributed by atoms with E-state index in [0.717, 1.165) is 44.9 Å². The maximum absolute atomic E-state index is 11.1. The Morgan fingerprint density at radius 2 is 1.60 bits per heavy atom. The van der Waals surface area contributed by atoms with Gasteiger partial charge in [-0.1, -0.05) is 32.4 Å². The summed E-state index contributed by atoms with van der Waals surface area (Å²) in [6.07, 6.45) is -2.96. The summed E-state index contributed by atoms with van der Waals surface area (Å²) in [5, 5.41) is 73.5. The fourth-order valence-corrected chi connectivity index (χ4v) is 12.5. The van der Waals surface area contributed by atoms with Crippen LogP contribution in [-0.4, -0.2) is 134 Å². The van der Waals surface area contributed by atoms with Crippen LogP contribution in [0, 0.1) is 40.4 Å². The summed E-state index contributed by atoms with van der Waals surface area (Å²) in [4.78, 5) is 0. The molecule has 0 aromatic rings. The van der Waals surface area contributed by atoms with Crippen molar-refractivity contribution < 1.29 is 64.2 Å². The highest BCUT2D eigenvalue weighted by molar-refractivity contribution is 5.26. The van der Waals surface area contributed by atoms with Gasteiger partial charge in [-0.05, 0) is 99.7 Å². The van der Waals surface area contributed by atoms with Gasteiger partial charge in [0.2, 0.25) is 0 Å². The minimum absolute atomic E-state index is 0.0212. The average Bonchev–Trinajstić information content (AvgIpc) is 3.56. The molecule has 13 heteroatoms. The highest BCUT2D eigenvalue weighted by Crippen LogP contribution is 2.70. The van der Waals surface area contributed by atoms with Crippen molar-refractivity contribution in [2.75, 3.05) is 13.2 Å². The first-order valence-corrected chi connectivity index (χ1v) is 19.9. The van der Waals surface area contributed by atoms with E-state index in [1.807, 2.05) is 6.92 Å². The van der Waals surface area contributed by atoms with E-state index in [9.17, 15) is 35.7 Å². The zero-order valence-electron chi connectivity index (χ0n) is 31.3. The molecule has 1 spiro atoms. The number of allylic oxidation sites excluding steroid dienone is 1. The lowest BCUT2D eigenvalue weighted by atomic mass is 9.47. The second-order valence-electron chi connectivity index (χ2n) is 18.6. The smallest absolute Gasteiger partial charge is 0.187 e. The molecule has 21 unspecified atom stereocenters. The largest absolute Gasteiger partial charge is 0.394 e. The predicted octanol–water partition coefficient (Wildman–Crippen LogP) is 1.50. The summed E-state index contributed by atoms with van der Waals surface area (Å²) < 4.78 is 37.4. The molecule has 4 saturated heterocycles. The normalized spacial score (nSPS) is 58.9. The lowest BCUT2D eigenvalue weighted by Crippen LogP contribution is -2.64. The second-order valence-corrected chi connectivity index (χ2v) is 18.6. The first-order valence-electron chi connectivity index (χ1n) is 19.9. The fourth-order valence-electron chi connectivity index (χ4n) is 12.5. The SMILES string of the molecule is CC1OC(OC2C(OC3CCC4(C)C(=CCC5C4CCC4(C)C5CC5OC6(CCC(C)(O)CO6)C(C)C54)C3)OC(CO)C(O)C2O)C(O)C(O)C1O. The molecule has 0 aromatic carbocycles. The number of ether oxygens (including phenoxy) is 6. The van der Waals surface area contributed by atoms with E-state index in [1.165, 1.54) is 12.5 Å². The predicted molar refractivity (Wildman–Crippen MR) is 183 cm³/mol. The summed E-state index contributed by atoms with van der Waals surface area (Å²) in [5.41, 5.74) is 0.772. The van der Waals surface area contributed by atoms with Crippen molar-refractivity contribution in [2.24, 2.45) is 40.4 Å². The minimum atomic E-state index is -1.62. The third-order valence-electron chi connectivity index (χ3n) is 15.6. The molecule has 8 rings (SSSR count). The van der Waals surface area contributed by atoms with Crippen LogP contribution in [0.3, 0.4) is 0 Å². The lowest BCUT2D eigenvalue weighted by Gasteiger charge is -2.59. The molecule has 4 aliphatic heterocycles. The highest BCUT2D eigenvalue weighted by atomic mass is 16.8. The molecule has 0 amide bonds. The fraction of sp³-hybridized carbons (Fsp3) is 0.949.